The van der Waals surface area contributed by atoms with Crippen LogP contribution in [0.15, 0.2) is 71.9 Å². The van der Waals surface area contributed by atoms with Crippen LogP contribution in [0.25, 0.3) is 0 Å². The van der Waals surface area contributed by atoms with Crippen molar-refractivity contribution in [3.05, 3.63) is 89.7 Å². The zero-order chi connectivity index (χ0) is 20.5. The maximum atomic E-state index is 14.1. The predicted molar refractivity (Wildman–Crippen MR) is 114 cm³/mol. The summed E-state index contributed by atoms with van der Waals surface area (Å²) in [5, 5.41) is 0. The molecule has 2 aromatic carbocycles. The van der Waals surface area contributed by atoms with Crippen LogP contribution in [0.1, 0.15) is 17.5 Å². The molecule has 0 heterocycles. The monoisotopic (exact) mass is 383 g/mol. The van der Waals surface area contributed by atoms with Crippen LogP contribution in [0, 0.1) is 11.6 Å². The van der Waals surface area contributed by atoms with Gasteiger partial charge in [-0.1, -0.05) is 36.4 Å². The molecule has 1 atom stereocenters. The third-order valence-corrected chi connectivity index (χ3v) is 4.43. The van der Waals surface area contributed by atoms with E-state index in [4.69, 9.17) is 5.73 Å². The van der Waals surface area contributed by atoms with Gasteiger partial charge < -0.3 is 10.6 Å². The summed E-state index contributed by atoms with van der Waals surface area (Å²) >= 11 is 0. The number of aliphatic imine (C=N–C) groups is 1. The van der Waals surface area contributed by atoms with Crippen molar-refractivity contribution in [2.45, 2.75) is 25.3 Å². The van der Waals surface area contributed by atoms with Crippen molar-refractivity contribution in [2.75, 3.05) is 19.0 Å². The molecular formula is C23H27F2N3. The minimum Gasteiger partial charge on any atom is -0.404 e. The molecule has 0 aliphatic rings. The van der Waals surface area contributed by atoms with E-state index in [-0.39, 0.29) is 6.04 Å². The van der Waals surface area contributed by atoms with Crippen LogP contribution in [-0.4, -0.2) is 26.4 Å². The molecule has 0 bridgehead atoms. The molecule has 28 heavy (non-hydrogen) atoms. The predicted octanol–water partition coefficient (Wildman–Crippen LogP) is 4.67. The molecule has 2 rings (SSSR count). The topological polar surface area (TPSA) is 41.6 Å². The Morgan fingerprint density at radius 3 is 2.54 bits per heavy atom. The molecule has 0 radical (unpaired) electrons. The standard InChI is InChI=1S/C23H27F2N3/c1-4-21(27-16-18(15-26)12-17-8-6-5-7-9-17)11-10-19-13-20(24)14-22(25)23(19)28(2)3/h4-9,13-16,21H,1,10-12,26H2,2-3H3. The van der Waals surface area contributed by atoms with E-state index in [1.165, 1.54) is 6.07 Å². The lowest BCUT2D eigenvalue weighted by molar-refractivity contribution is 0.577. The van der Waals surface area contributed by atoms with Gasteiger partial charge in [-0.15, -0.1) is 6.58 Å². The van der Waals surface area contributed by atoms with Crippen LogP contribution >= 0.6 is 0 Å². The molecule has 2 aromatic rings. The molecule has 5 heteroatoms. The van der Waals surface area contributed by atoms with Gasteiger partial charge in [0.25, 0.3) is 0 Å². The molecule has 0 amide bonds. The zero-order valence-corrected chi connectivity index (χ0v) is 16.4. The van der Waals surface area contributed by atoms with Gasteiger partial charge in [0.2, 0.25) is 0 Å². The van der Waals surface area contributed by atoms with E-state index in [2.05, 4.69) is 11.6 Å². The van der Waals surface area contributed by atoms with Gasteiger partial charge in [0.1, 0.15) is 11.6 Å². The Hall–Kier alpha value is -2.95. The minimum atomic E-state index is -0.576. The van der Waals surface area contributed by atoms with E-state index in [0.29, 0.717) is 30.5 Å². The Morgan fingerprint density at radius 1 is 1.21 bits per heavy atom. The smallest absolute Gasteiger partial charge is 0.149 e. The fourth-order valence-electron chi connectivity index (χ4n) is 3.04. The molecule has 3 nitrogen and oxygen atoms in total. The number of hydrogen-bond donors (Lipinski definition) is 1. The number of allylic oxidation sites excluding steroid dienone is 1. The zero-order valence-electron chi connectivity index (χ0n) is 16.4. The summed E-state index contributed by atoms with van der Waals surface area (Å²) in [7, 11) is 3.48. The second-order valence-electron chi connectivity index (χ2n) is 6.81. The lowest BCUT2D eigenvalue weighted by Gasteiger charge is -2.19. The molecule has 0 aliphatic heterocycles. The van der Waals surface area contributed by atoms with Crippen LogP contribution in [0.5, 0.6) is 0 Å². The fourth-order valence-corrected chi connectivity index (χ4v) is 3.04. The van der Waals surface area contributed by atoms with Crippen LogP contribution in [0.3, 0.4) is 0 Å². The molecule has 1 unspecified atom stereocenters. The van der Waals surface area contributed by atoms with E-state index in [9.17, 15) is 8.78 Å². The van der Waals surface area contributed by atoms with Gasteiger partial charge in [-0.05, 0) is 41.8 Å². The summed E-state index contributed by atoms with van der Waals surface area (Å²) in [5.74, 6) is -1.14. The Kier molecular flexibility index (Phi) is 7.93. The molecule has 0 saturated carbocycles. The number of hydrogen-bond acceptors (Lipinski definition) is 3. The first-order valence-electron chi connectivity index (χ1n) is 9.20. The van der Waals surface area contributed by atoms with Crippen molar-refractivity contribution in [3.8, 4) is 0 Å². The van der Waals surface area contributed by atoms with Gasteiger partial charge in [0.15, 0.2) is 0 Å². The molecule has 2 N–H and O–H groups in total. The second kappa shape index (κ2) is 10.4. The number of nitrogens with two attached hydrogens (primary N) is 1. The second-order valence-corrected chi connectivity index (χ2v) is 6.81. The van der Waals surface area contributed by atoms with E-state index in [1.54, 1.807) is 37.5 Å². The number of halogens is 2. The van der Waals surface area contributed by atoms with Crippen molar-refractivity contribution in [1.82, 2.24) is 0 Å². The van der Waals surface area contributed by atoms with E-state index in [0.717, 1.165) is 17.2 Å². The molecule has 0 fully saturated rings. The fraction of sp³-hybridized carbons (Fsp3) is 0.261. The van der Waals surface area contributed by atoms with Gasteiger partial charge in [0, 0.05) is 32.8 Å². The highest BCUT2D eigenvalue weighted by Crippen LogP contribution is 2.26. The summed E-state index contributed by atoms with van der Waals surface area (Å²) in [5.41, 5.74) is 8.79. The minimum absolute atomic E-state index is 0.174. The highest BCUT2D eigenvalue weighted by atomic mass is 19.1. The van der Waals surface area contributed by atoms with E-state index in [1.807, 2.05) is 30.3 Å². The Labute approximate surface area is 165 Å². The third-order valence-electron chi connectivity index (χ3n) is 4.43. The molecule has 148 valence electrons. The van der Waals surface area contributed by atoms with E-state index < -0.39 is 11.6 Å². The number of benzene rings is 2. The third kappa shape index (κ3) is 6.05. The molecule has 0 aromatic heterocycles. The van der Waals surface area contributed by atoms with Gasteiger partial charge >= 0.3 is 0 Å². The van der Waals surface area contributed by atoms with Crippen LogP contribution in [-0.2, 0) is 12.8 Å². The lowest BCUT2D eigenvalue weighted by Crippen LogP contribution is -2.15. The van der Waals surface area contributed by atoms with Gasteiger partial charge in [-0.3, -0.25) is 4.99 Å². The van der Waals surface area contributed by atoms with E-state index >= 15 is 0 Å². The first-order chi connectivity index (χ1) is 13.4. The van der Waals surface area contributed by atoms with Crippen molar-refractivity contribution < 1.29 is 8.78 Å². The quantitative estimate of drug-likeness (QED) is 0.505. The molecule has 0 aliphatic carbocycles. The van der Waals surface area contributed by atoms with Gasteiger partial charge in [-0.25, -0.2) is 8.78 Å². The highest BCUT2D eigenvalue weighted by molar-refractivity contribution is 5.79. The summed E-state index contributed by atoms with van der Waals surface area (Å²) < 4.78 is 27.8. The van der Waals surface area contributed by atoms with Gasteiger partial charge in [0.05, 0.1) is 11.7 Å². The van der Waals surface area contributed by atoms with Crippen LogP contribution in [0.4, 0.5) is 14.5 Å². The first-order valence-corrected chi connectivity index (χ1v) is 9.20. The summed E-state index contributed by atoms with van der Waals surface area (Å²) in [6, 6.07) is 12.1. The first kappa shape index (κ1) is 21.4. The number of aryl methyl sites for hydroxylation is 1. The number of rotatable bonds is 9. The summed E-state index contributed by atoms with van der Waals surface area (Å²) in [6.45, 7) is 3.83. The van der Waals surface area contributed by atoms with Crippen molar-refractivity contribution in [2.24, 2.45) is 10.7 Å². The molecule has 0 spiro atoms. The Morgan fingerprint density at radius 2 is 1.93 bits per heavy atom. The van der Waals surface area contributed by atoms with Gasteiger partial charge in [-0.2, -0.15) is 0 Å². The summed E-state index contributed by atoms with van der Waals surface area (Å²) in [4.78, 5) is 6.21. The van der Waals surface area contributed by atoms with Crippen LogP contribution in [0.2, 0.25) is 0 Å². The van der Waals surface area contributed by atoms with Crippen molar-refractivity contribution >= 4 is 11.9 Å². The maximum absolute atomic E-state index is 14.1. The van der Waals surface area contributed by atoms with Crippen molar-refractivity contribution in [1.29, 1.82) is 0 Å². The van der Waals surface area contributed by atoms with Crippen molar-refractivity contribution in [3.63, 3.8) is 0 Å². The Bertz CT molecular complexity index is 842. The normalized spacial score (nSPS) is 12.9. The maximum Gasteiger partial charge on any atom is 0.149 e. The number of nitrogens with zero attached hydrogens (tertiary/aromatic N) is 2. The summed E-state index contributed by atoms with van der Waals surface area (Å²) in [6.07, 6.45) is 6.79. The highest BCUT2D eigenvalue weighted by Gasteiger charge is 2.14. The average Bonchev–Trinajstić information content (AvgIpc) is 2.67. The molecule has 0 saturated heterocycles. The lowest BCUT2D eigenvalue weighted by atomic mass is 10.0. The number of anilines is 1. The van der Waals surface area contributed by atoms with Crippen LogP contribution < -0.4 is 10.6 Å². The largest absolute Gasteiger partial charge is 0.404 e. The Balaban J connectivity index is 2.06. The average molecular weight is 383 g/mol. The SMILES string of the molecule is C=CC(CCc1cc(F)cc(F)c1N(C)C)N=CC(=CN)Cc1ccccc1. The molecular weight excluding hydrogens is 356 g/mol.